The van der Waals surface area contributed by atoms with Crippen molar-refractivity contribution in [1.82, 2.24) is 4.98 Å². The van der Waals surface area contributed by atoms with Gasteiger partial charge >= 0.3 is 12.1 Å². The molecular weight excluding hydrogens is 313 g/mol. The van der Waals surface area contributed by atoms with Crippen molar-refractivity contribution in [2.75, 3.05) is 18.6 Å². The van der Waals surface area contributed by atoms with Crippen LogP contribution in [-0.2, 0) is 20.5 Å². The number of rotatable bonds is 2. The summed E-state index contributed by atoms with van der Waals surface area (Å²) in [5, 5.41) is -0.302. The van der Waals surface area contributed by atoms with E-state index in [1.54, 1.807) is 0 Å². The fourth-order valence-electron chi connectivity index (χ4n) is 2.02. The number of hydrogen-bond donors (Lipinski definition) is 0. The van der Waals surface area contributed by atoms with Crippen molar-refractivity contribution in [3.8, 4) is 0 Å². The van der Waals surface area contributed by atoms with Gasteiger partial charge in [0.25, 0.3) is 0 Å². The number of pyridine rings is 1. The van der Waals surface area contributed by atoms with Crippen LogP contribution in [0.4, 0.5) is 19.0 Å². The lowest BCUT2D eigenvalue weighted by atomic mass is 10.1. The number of carbonyl (C=O) groups excluding carboxylic acids is 2. The fourth-order valence-corrected chi connectivity index (χ4v) is 2.29. The Morgan fingerprint density at radius 3 is 2.71 bits per heavy atom. The number of alkyl halides is 3. The van der Waals surface area contributed by atoms with Crippen LogP contribution in [0.25, 0.3) is 0 Å². The summed E-state index contributed by atoms with van der Waals surface area (Å²) in [6, 6.07) is 0.697. The van der Waals surface area contributed by atoms with Crippen LogP contribution in [0, 0.1) is 5.92 Å². The van der Waals surface area contributed by atoms with Gasteiger partial charge in [-0.1, -0.05) is 11.6 Å². The van der Waals surface area contributed by atoms with E-state index in [-0.39, 0.29) is 23.8 Å². The second-order valence-corrected chi connectivity index (χ2v) is 4.86. The van der Waals surface area contributed by atoms with Crippen molar-refractivity contribution in [2.45, 2.75) is 12.6 Å². The molecule has 5 nitrogen and oxygen atoms in total. The number of esters is 1. The Labute approximate surface area is 122 Å². The summed E-state index contributed by atoms with van der Waals surface area (Å²) < 4.78 is 42.1. The molecule has 1 aliphatic heterocycles. The van der Waals surface area contributed by atoms with E-state index < -0.39 is 29.5 Å². The molecule has 1 aliphatic rings. The molecule has 1 aromatic rings. The summed E-state index contributed by atoms with van der Waals surface area (Å²) in [6.07, 6.45) is -4.07. The summed E-state index contributed by atoms with van der Waals surface area (Å²) in [5.41, 5.74) is -1.01. The van der Waals surface area contributed by atoms with Gasteiger partial charge in [0, 0.05) is 19.2 Å². The van der Waals surface area contributed by atoms with E-state index in [0.717, 1.165) is 4.90 Å². The first-order chi connectivity index (χ1) is 9.74. The van der Waals surface area contributed by atoms with Gasteiger partial charge in [-0.2, -0.15) is 13.2 Å². The van der Waals surface area contributed by atoms with E-state index in [1.807, 2.05) is 0 Å². The highest BCUT2D eigenvalue weighted by molar-refractivity contribution is 6.33. The predicted octanol–water partition coefficient (Wildman–Crippen LogP) is 2.28. The average molecular weight is 323 g/mol. The molecule has 2 heterocycles. The maximum Gasteiger partial charge on any atom is 0.417 e. The first-order valence-electron chi connectivity index (χ1n) is 5.85. The first-order valence-corrected chi connectivity index (χ1v) is 6.22. The number of amides is 1. The van der Waals surface area contributed by atoms with Crippen molar-refractivity contribution < 1.29 is 27.5 Å². The third-order valence-corrected chi connectivity index (χ3v) is 3.34. The molecule has 2 rings (SSSR count). The standard InChI is InChI=1S/C12H10ClF3N2O3/c1-21-11(20)6-2-9(19)18(5-6)10-8(13)3-7(4-17-10)12(14,15)16/h3-4,6H,2,5H2,1H3. The van der Waals surface area contributed by atoms with Gasteiger partial charge in [0.1, 0.15) is 0 Å². The predicted molar refractivity (Wildman–Crippen MR) is 66.7 cm³/mol. The molecule has 0 aromatic carbocycles. The van der Waals surface area contributed by atoms with Gasteiger partial charge in [-0.25, -0.2) is 4.98 Å². The van der Waals surface area contributed by atoms with Crippen LogP contribution in [0.2, 0.25) is 5.02 Å². The highest BCUT2D eigenvalue weighted by Crippen LogP contribution is 2.35. The first kappa shape index (κ1) is 15.6. The SMILES string of the molecule is COC(=O)C1CC(=O)N(c2ncc(C(F)(F)F)cc2Cl)C1. The molecule has 21 heavy (non-hydrogen) atoms. The minimum absolute atomic E-state index is 0.0242. The molecular formula is C12H10ClF3N2O3. The van der Waals surface area contributed by atoms with Gasteiger partial charge in [-0.15, -0.1) is 0 Å². The number of carbonyl (C=O) groups is 2. The smallest absolute Gasteiger partial charge is 0.417 e. The molecule has 1 fully saturated rings. The van der Waals surface area contributed by atoms with Crippen LogP contribution >= 0.6 is 11.6 Å². The molecule has 0 spiro atoms. The Balaban J connectivity index is 2.27. The van der Waals surface area contributed by atoms with Gasteiger partial charge in [0.05, 0.1) is 23.6 Å². The van der Waals surface area contributed by atoms with Crippen LogP contribution < -0.4 is 4.90 Å². The van der Waals surface area contributed by atoms with Crippen molar-refractivity contribution >= 4 is 29.3 Å². The van der Waals surface area contributed by atoms with Crippen molar-refractivity contribution in [3.05, 3.63) is 22.8 Å². The zero-order valence-corrected chi connectivity index (χ0v) is 11.5. The third kappa shape index (κ3) is 3.10. The highest BCUT2D eigenvalue weighted by Gasteiger charge is 2.38. The molecule has 1 saturated heterocycles. The van der Waals surface area contributed by atoms with Gasteiger partial charge in [0.15, 0.2) is 5.82 Å². The van der Waals surface area contributed by atoms with E-state index in [2.05, 4.69) is 9.72 Å². The summed E-state index contributed by atoms with van der Waals surface area (Å²) in [6.45, 7) is -0.0242. The number of aromatic nitrogens is 1. The zero-order chi connectivity index (χ0) is 15.8. The number of methoxy groups -OCH3 is 1. The lowest BCUT2D eigenvalue weighted by Crippen LogP contribution is -2.27. The van der Waals surface area contributed by atoms with Crippen molar-refractivity contribution in [3.63, 3.8) is 0 Å². The lowest BCUT2D eigenvalue weighted by molar-refractivity contribution is -0.145. The Hall–Kier alpha value is -1.83. The van der Waals surface area contributed by atoms with Crippen LogP contribution in [0.1, 0.15) is 12.0 Å². The summed E-state index contributed by atoms with van der Waals surface area (Å²) in [4.78, 5) is 27.9. The largest absolute Gasteiger partial charge is 0.469 e. The van der Waals surface area contributed by atoms with E-state index in [1.165, 1.54) is 7.11 Å². The third-order valence-electron chi connectivity index (χ3n) is 3.06. The summed E-state index contributed by atoms with van der Waals surface area (Å²) in [5.74, 6) is -1.78. The molecule has 1 aromatic heterocycles. The zero-order valence-electron chi connectivity index (χ0n) is 10.8. The summed E-state index contributed by atoms with van der Waals surface area (Å²) >= 11 is 5.77. The Morgan fingerprint density at radius 1 is 1.52 bits per heavy atom. The molecule has 1 atom stereocenters. The summed E-state index contributed by atoms with van der Waals surface area (Å²) in [7, 11) is 1.19. The van der Waals surface area contributed by atoms with Crippen LogP contribution in [0.15, 0.2) is 12.3 Å². The van der Waals surface area contributed by atoms with Gasteiger partial charge in [-0.05, 0) is 6.07 Å². The molecule has 0 aliphatic carbocycles. The molecule has 9 heteroatoms. The quantitative estimate of drug-likeness (QED) is 0.784. The van der Waals surface area contributed by atoms with E-state index >= 15 is 0 Å². The highest BCUT2D eigenvalue weighted by atomic mass is 35.5. The normalized spacial score (nSPS) is 19.0. The number of halogens is 4. The minimum Gasteiger partial charge on any atom is -0.469 e. The molecule has 0 radical (unpaired) electrons. The van der Waals surface area contributed by atoms with Crippen molar-refractivity contribution in [2.24, 2.45) is 5.92 Å². The average Bonchev–Trinajstić information content (AvgIpc) is 2.78. The molecule has 0 N–H and O–H groups in total. The number of anilines is 1. The minimum atomic E-state index is -4.57. The monoisotopic (exact) mass is 322 g/mol. The maximum absolute atomic E-state index is 12.5. The molecule has 114 valence electrons. The number of nitrogens with zero attached hydrogens (tertiary/aromatic N) is 2. The van der Waals surface area contributed by atoms with Crippen LogP contribution in [-0.4, -0.2) is 30.5 Å². The van der Waals surface area contributed by atoms with Crippen LogP contribution in [0.5, 0.6) is 0 Å². The lowest BCUT2D eigenvalue weighted by Gasteiger charge is -2.17. The molecule has 0 bridgehead atoms. The second kappa shape index (κ2) is 5.51. The number of ether oxygens (including phenoxy) is 1. The Bertz CT molecular complexity index is 592. The fraction of sp³-hybridized carbons (Fsp3) is 0.417. The van der Waals surface area contributed by atoms with Crippen molar-refractivity contribution in [1.29, 1.82) is 0 Å². The Morgan fingerprint density at radius 2 is 2.19 bits per heavy atom. The topological polar surface area (TPSA) is 59.5 Å². The van der Waals surface area contributed by atoms with E-state index in [4.69, 9.17) is 11.6 Å². The van der Waals surface area contributed by atoms with Gasteiger partial charge in [-0.3, -0.25) is 14.5 Å². The van der Waals surface area contributed by atoms with E-state index in [9.17, 15) is 22.8 Å². The second-order valence-electron chi connectivity index (χ2n) is 4.46. The molecule has 0 saturated carbocycles. The maximum atomic E-state index is 12.5. The van der Waals surface area contributed by atoms with Crippen LogP contribution in [0.3, 0.4) is 0 Å². The molecule has 1 amide bonds. The Kier molecular flexibility index (Phi) is 4.08. The van der Waals surface area contributed by atoms with Gasteiger partial charge in [0.2, 0.25) is 5.91 Å². The molecule has 1 unspecified atom stereocenters. The number of hydrogen-bond acceptors (Lipinski definition) is 4. The van der Waals surface area contributed by atoms with E-state index in [0.29, 0.717) is 12.3 Å². The van der Waals surface area contributed by atoms with Gasteiger partial charge < -0.3 is 4.74 Å².